The molecule has 1 amide bonds. The SMILES string of the molecule is CCN(CC)Cc1ccccc1CNC(=O)CCCc1nc2ccccc2c(=O)[nH]1. The molecule has 0 radical (unpaired) electrons. The maximum Gasteiger partial charge on any atom is 0.258 e. The van der Waals surface area contributed by atoms with Crippen molar-refractivity contribution in [3.63, 3.8) is 0 Å². The largest absolute Gasteiger partial charge is 0.352 e. The van der Waals surface area contributed by atoms with Crippen molar-refractivity contribution in [2.45, 2.75) is 46.2 Å². The number of nitrogens with one attached hydrogen (secondary N) is 2. The number of nitrogens with zero attached hydrogens (tertiary/aromatic N) is 2. The summed E-state index contributed by atoms with van der Waals surface area (Å²) in [4.78, 5) is 34.1. The zero-order valence-corrected chi connectivity index (χ0v) is 17.8. The predicted octanol–water partition coefficient (Wildman–Crippen LogP) is 3.40. The Hall–Kier alpha value is -2.99. The first-order valence-corrected chi connectivity index (χ1v) is 10.6. The van der Waals surface area contributed by atoms with E-state index in [4.69, 9.17) is 0 Å². The lowest BCUT2D eigenvalue weighted by Gasteiger charge is -2.20. The van der Waals surface area contributed by atoms with E-state index in [2.05, 4.69) is 46.2 Å². The van der Waals surface area contributed by atoms with Gasteiger partial charge < -0.3 is 10.3 Å². The van der Waals surface area contributed by atoms with Gasteiger partial charge in [0.15, 0.2) is 0 Å². The third kappa shape index (κ3) is 5.76. The highest BCUT2D eigenvalue weighted by molar-refractivity contribution is 5.77. The molecule has 0 saturated carbocycles. The molecule has 0 fully saturated rings. The molecule has 0 aliphatic heterocycles. The lowest BCUT2D eigenvalue weighted by atomic mass is 10.1. The molecule has 3 aromatic rings. The van der Waals surface area contributed by atoms with E-state index < -0.39 is 0 Å². The van der Waals surface area contributed by atoms with E-state index in [1.165, 1.54) is 5.56 Å². The van der Waals surface area contributed by atoms with Crippen molar-refractivity contribution in [3.8, 4) is 0 Å². The van der Waals surface area contributed by atoms with Gasteiger partial charge in [-0.1, -0.05) is 50.2 Å². The normalized spacial score (nSPS) is 11.2. The Labute approximate surface area is 177 Å². The minimum absolute atomic E-state index is 0.00998. The second-order valence-electron chi connectivity index (χ2n) is 7.39. The molecular weight excluding hydrogens is 376 g/mol. The summed E-state index contributed by atoms with van der Waals surface area (Å²) in [5.74, 6) is 0.631. The molecule has 158 valence electrons. The Bertz CT molecular complexity index is 1040. The topological polar surface area (TPSA) is 78.1 Å². The van der Waals surface area contributed by atoms with Crippen LogP contribution in [0.25, 0.3) is 10.9 Å². The van der Waals surface area contributed by atoms with Crippen molar-refractivity contribution in [1.82, 2.24) is 20.2 Å². The molecule has 30 heavy (non-hydrogen) atoms. The molecule has 0 aliphatic carbocycles. The van der Waals surface area contributed by atoms with Gasteiger partial charge in [0.05, 0.1) is 10.9 Å². The molecule has 0 aliphatic rings. The van der Waals surface area contributed by atoms with Crippen LogP contribution < -0.4 is 10.9 Å². The standard InChI is InChI=1S/C24H30N4O2/c1-3-28(4-2)17-19-11-6-5-10-18(19)16-25-23(29)15-9-14-22-26-21-13-8-7-12-20(21)24(30)27-22/h5-8,10-13H,3-4,9,14-17H2,1-2H3,(H,25,29)(H,26,27,30). The van der Waals surface area contributed by atoms with Crippen LogP contribution in [0.2, 0.25) is 0 Å². The van der Waals surface area contributed by atoms with Crippen LogP contribution in [-0.4, -0.2) is 33.9 Å². The number of aromatic nitrogens is 2. The number of aryl methyl sites for hydroxylation is 1. The highest BCUT2D eigenvalue weighted by Crippen LogP contribution is 2.12. The van der Waals surface area contributed by atoms with Gasteiger partial charge in [-0.25, -0.2) is 4.98 Å². The number of amides is 1. The van der Waals surface area contributed by atoms with Gasteiger partial charge in [0.25, 0.3) is 5.56 Å². The number of rotatable bonds is 10. The third-order valence-corrected chi connectivity index (χ3v) is 5.36. The molecular formula is C24H30N4O2. The van der Waals surface area contributed by atoms with Gasteiger partial charge in [0.1, 0.15) is 5.82 Å². The Morgan fingerprint density at radius 1 is 1.03 bits per heavy atom. The molecule has 0 spiro atoms. The number of hydrogen-bond acceptors (Lipinski definition) is 4. The average Bonchev–Trinajstić information content (AvgIpc) is 2.76. The van der Waals surface area contributed by atoms with Gasteiger partial charge in [0.2, 0.25) is 5.91 Å². The number of H-pyrrole nitrogens is 1. The molecule has 0 saturated heterocycles. The number of carbonyl (C=O) groups excluding carboxylic acids is 1. The van der Waals surface area contributed by atoms with Crippen LogP contribution in [-0.2, 0) is 24.3 Å². The van der Waals surface area contributed by atoms with E-state index in [0.29, 0.717) is 42.5 Å². The second kappa shape index (κ2) is 10.7. The van der Waals surface area contributed by atoms with Crippen molar-refractivity contribution >= 4 is 16.8 Å². The van der Waals surface area contributed by atoms with Gasteiger partial charge in [-0.2, -0.15) is 0 Å². The molecule has 3 rings (SSSR count). The van der Waals surface area contributed by atoms with E-state index in [0.717, 1.165) is 25.2 Å². The van der Waals surface area contributed by atoms with E-state index in [-0.39, 0.29) is 11.5 Å². The summed E-state index contributed by atoms with van der Waals surface area (Å²) in [6.45, 7) is 7.74. The highest BCUT2D eigenvalue weighted by Gasteiger charge is 2.09. The van der Waals surface area contributed by atoms with Gasteiger partial charge in [0, 0.05) is 25.9 Å². The summed E-state index contributed by atoms with van der Waals surface area (Å²) in [6.07, 6.45) is 1.59. The average molecular weight is 407 g/mol. The first kappa shape index (κ1) is 21.7. The molecule has 1 heterocycles. The Morgan fingerprint density at radius 3 is 2.50 bits per heavy atom. The fourth-order valence-corrected chi connectivity index (χ4v) is 3.52. The van der Waals surface area contributed by atoms with Gasteiger partial charge >= 0.3 is 0 Å². The van der Waals surface area contributed by atoms with Crippen LogP contribution in [0.15, 0.2) is 53.3 Å². The van der Waals surface area contributed by atoms with Crippen LogP contribution in [0.1, 0.15) is 43.6 Å². The first-order chi connectivity index (χ1) is 14.6. The lowest BCUT2D eigenvalue weighted by Crippen LogP contribution is -2.26. The Kier molecular flexibility index (Phi) is 7.74. The number of hydrogen-bond donors (Lipinski definition) is 2. The Morgan fingerprint density at radius 2 is 1.73 bits per heavy atom. The van der Waals surface area contributed by atoms with Crippen LogP contribution in [0.4, 0.5) is 0 Å². The Balaban J connectivity index is 1.51. The summed E-state index contributed by atoms with van der Waals surface area (Å²) >= 11 is 0. The van der Waals surface area contributed by atoms with Crippen molar-refractivity contribution < 1.29 is 4.79 Å². The fraction of sp³-hybridized carbons (Fsp3) is 0.375. The molecule has 0 unspecified atom stereocenters. The number of para-hydroxylation sites is 1. The lowest BCUT2D eigenvalue weighted by molar-refractivity contribution is -0.121. The van der Waals surface area contributed by atoms with E-state index >= 15 is 0 Å². The zero-order valence-electron chi connectivity index (χ0n) is 17.8. The number of benzene rings is 2. The van der Waals surface area contributed by atoms with E-state index in [1.54, 1.807) is 6.07 Å². The summed E-state index contributed by atoms with van der Waals surface area (Å²) in [6, 6.07) is 15.5. The van der Waals surface area contributed by atoms with Crippen LogP contribution in [0.5, 0.6) is 0 Å². The van der Waals surface area contributed by atoms with E-state index in [9.17, 15) is 9.59 Å². The van der Waals surface area contributed by atoms with Gasteiger partial charge in [-0.15, -0.1) is 0 Å². The monoisotopic (exact) mass is 406 g/mol. The molecule has 6 heteroatoms. The first-order valence-electron chi connectivity index (χ1n) is 10.6. The highest BCUT2D eigenvalue weighted by atomic mass is 16.1. The molecule has 1 aromatic heterocycles. The van der Waals surface area contributed by atoms with Crippen molar-refractivity contribution in [2.75, 3.05) is 13.1 Å². The van der Waals surface area contributed by atoms with Gasteiger partial charge in [-0.3, -0.25) is 14.5 Å². The van der Waals surface area contributed by atoms with Crippen LogP contribution in [0, 0.1) is 0 Å². The zero-order chi connectivity index (χ0) is 21.3. The number of aromatic amines is 1. The van der Waals surface area contributed by atoms with Crippen molar-refractivity contribution in [2.24, 2.45) is 0 Å². The molecule has 6 nitrogen and oxygen atoms in total. The van der Waals surface area contributed by atoms with Crippen LogP contribution in [0.3, 0.4) is 0 Å². The van der Waals surface area contributed by atoms with Crippen LogP contribution >= 0.6 is 0 Å². The molecule has 2 aromatic carbocycles. The number of carbonyl (C=O) groups is 1. The summed E-state index contributed by atoms with van der Waals surface area (Å²) in [5, 5.41) is 3.61. The molecule has 0 atom stereocenters. The summed E-state index contributed by atoms with van der Waals surface area (Å²) in [5.41, 5.74) is 2.95. The van der Waals surface area contributed by atoms with E-state index in [1.807, 2.05) is 30.3 Å². The maximum atomic E-state index is 12.3. The summed E-state index contributed by atoms with van der Waals surface area (Å²) < 4.78 is 0. The maximum absolute atomic E-state index is 12.3. The van der Waals surface area contributed by atoms with Crippen molar-refractivity contribution in [3.05, 3.63) is 75.8 Å². The fourth-order valence-electron chi connectivity index (χ4n) is 3.52. The summed E-state index contributed by atoms with van der Waals surface area (Å²) in [7, 11) is 0. The third-order valence-electron chi connectivity index (χ3n) is 5.36. The quantitative estimate of drug-likeness (QED) is 0.541. The minimum atomic E-state index is -0.134. The molecule has 2 N–H and O–H groups in total. The second-order valence-corrected chi connectivity index (χ2v) is 7.39. The minimum Gasteiger partial charge on any atom is -0.352 e. The molecule has 0 bridgehead atoms. The van der Waals surface area contributed by atoms with Gasteiger partial charge in [-0.05, 0) is 42.8 Å². The number of fused-ring (bicyclic) bond motifs is 1. The predicted molar refractivity (Wildman–Crippen MR) is 120 cm³/mol. The smallest absolute Gasteiger partial charge is 0.258 e. The van der Waals surface area contributed by atoms with Crippen molar-refractivity contribution in [1.29, 1.82) is 0 Å².